The number of halogens is 1. The van der Waals surface area contributed by atoms with Crippen molar-refractivity contribution in [3.05, 3.63) is 34.0 Å². The number of hydrogen-bond acceptors (Lipinski definition) is 4. The van der Waals surface area contributed by atoms with E-state index in [-0.39, 0.29) is 0 Å². The zero-order valence-corrected chi connectivity index (χ0v) is 12.3. The summed E-state index contributed by atoms with van der Waals surface area (Å²) in [7, 11) is 1.60. The molecule has 0 aliphatic rings. The highest BCUT2D eigenvalue weighted by molar-refractivity contribution is 6.29. The van der Waals surface area contributed by atoms with Crippen LogP contribution in [0.25, 0.3) is 5.82 Å². The molecule has 0 fully saturated rings. The van der Waals surface area contributed by atoms with Crippen LogP contribution in [0.15, 0.2) is 6.07 Å². The van der Waals surface area contributed by atoms with Gasteiger partial charge in [-0.2, -0.15) is 5.10 Å². The molecule has 0 aliphatic carbocycles. The molecule has 0 aliphatic heterocycles. The van der Waals surface area contributed by atoms with Crippen molar-refractivity contribution in [1.29, 1.82) is 0 Å². The van der Waals surface area contributed by atoms with Gasteiger partial charge in [-0.25, -0.2) is 14.6 Å². The van der Waals surface area contributed by atoms with E-state index < -0.39 is 0 Å². The summed E-state index contributed by atoms with van der Waals surface area (Å²) in [5, 5.41) is 4.91. The first-order valence-electron chi connectivity index (χ1n) is 6.14. The van der Waals surface area contributed by atoms with E-state index in [0.717, 1.165) is 17.8 Å². The van der Waals surface area contributed by atoms with Crippen LogP contribution in [0.5, 0.6) is 0 Å². The summed E-state index contributed by atoms with van der Waals surface area (Å²) in [6.07, 6.45) is 0.946. The number of aromatic nitrogens is 4. The van der Waals surface area contributed by atoms with E-state index in [4.69, 9.17) is 16.3 Å². The quantitative estimate of drug-likeness (QED) is 0.808. The second-order valence-corrected chi connectivity index (χ2v) is 4.70. The van der Waals surface area contributed by atoms with Gasteiger partial charge in [0.2, 0.25) is 0 Å². The van der Waals surface area contributed by atoms with Crippen molar-refractivity contribution >= 4 is 11.6 Å². The second-order valence-electron chi connectivity index (χ2n) is 4.31. The molecule has 0 atom stereocenters. The Hall–Kier alpha value is -1.46. The van der Waals surface area contributed by atoms with Crippen molar-refractivity contribution in [2.45, 2.75) is 33.8 Å². The molecule has 5 nitrogen and oxygen atoms in total. The van der Waals surface area contributed by atoms with Crippen LogP contribution in [0, 0.1) is 13.8 Å². The monoisotopic (exact) mass is 280 g/mol. The fourth-order valence-electron chi connectivity index (χ4n) is 2.16. The van der Waals surface area contributed by atoms with Crippen molar-refractivity contribution in [3.63, 3.8) is 0 Å². The van der Waals surface area contributed by atoms with Gasteiger partial charge in [-0.15, -0.1) is 0 Å². The number of hydrogen-bond donors (Lipinski definition) is 0. The van der Waals surface area contributed by atoms with Crippen molar-refractivity contribution < 1.29 is 4.74 Å². The van der Waals surface area contributed by atoms with Gasteiger partial charge < -0.3 is 4.74 Å². The first-order chi connectivity index (χ1) is 9.06. The lowest BCUT2D eigenvalue weighted by atomic mass is 10.1. The van der Waals surface area contributed by atoms with Crippen LogP contribution < -0.4 is 0 Å². The SMILES string of the molecule is CCc1c(C)nn(-c2cc(Cl)nc(COC)n2)c1C. The van der Waals surface area contributed by atoms with Crippen LogP contribution in [0.3, 0.4) is 0 Å². The van der Waals surface area contributed by atoms with Gasteiger partial charge in [0.25, 0.3) is 0 Å². The Morgan fingerprint density at radius 3 is 2.63 bits per heavy atom. The molecule has 0 N–H and O–H groups in total. The summed E-state index contributed by atoms with van der Waals surface area (Å²) in [4.78, 5) is 8.54. The number of aryl methyl sites for hydroxylation is 1. The van der Waals surface area contributed by atoms with Crippen LogP contribution in [0.1, 0.15) is 29.7 Å². The van der Waals surface area contributed by atoms with Crippen molar-refractivity contribution in [1.82, 2.24) is 19.7 Å². The zero-order valence-electron chi connectivity index (χ0n) is 11.6. The first-order valence-corrected chi connectivity index (χ1v) is 6.52. The molecule has 0 amide bonds. The Morgan fingerprint density at radius 2 is 2.05 bits per heavy atom. The normalized spacial score (nSPS) is 11.0. The summed E-state index contributed by atoms with van der Waals surface area (Å²) in [5.41, 5.74) is 3.34. The van der Waals surface area contributed by atoms with Gasteiger partial charge in [0.1, 0.15) is 11.8 Å². The zero-order chi connectivity index (χ0) is 14.0. The molecule has 2 aromatic rings. The predicted molar refractivity (Wildman–Crippen MR) is 73.7 cm³/mol. The molecule has 6 heteroatoms. The van der Waals surface area contributed by atoms with Crippen LogP contribution in [-0.2, 0) is 17.8 Å². The molecule has 0 bridgehead atoms. The Balaban J connectivity index is 2.52. The molecule has 19 heavy (non-hydrogen) atoms. The molecular weight excluding hydrogens is 264 g/mol. The molecule has 0 radical (unpaired) electrons. The van der Waals surface area contributed by atoms with Gasteiger partial charge in [-0.3, -0.25) is 0 Å². The second kappa shape index (κ2) is 5.67. The Bertz CT molecular complexity index is 595. The Kier molecular flexibility index (Phi) is 4.17. The van der Waals surface area contributed by atoms with E-state index in [1.165, 1.54) is 5.56 Å². The molecule has 0 spiro atoms. The number of rotatable bonds is 4. The molecule has 102 valence electrons. The minimum atomic E-state index is 0.327. The van der Waals surface area contributed by atoms with Crippen LogP contribution in [0.4, 0.5) is 0 Å². The lowest BCUT2D eigenvalue weighted by Gasteiger charge is -2.06. The highest BCUT2D eigenvalue weighted by Crippen LogP contribution is 2.19. The fourth-order valence-corrected chi connectivity index (χ4v) is 2.36. The number of methoxy groups -OCH3 is 1. The summed E-state index contributed by atoms with van der Waals surface area (Å²) < 4.78 is 6.85. The first kappa shape index (κ1) is 14.0. The van der Waals surface area contributed by atoms with Crippen LogP contribution in [0.2, 0.25) is 5.15 Å². The summed E-state index contributed by atoms with van der Waals surface area (Å²) in [6.45, 7) is 6.48. The molecule has 0 aromatic carbocycles. The molecule has 0 unspecified atom stereocenters. The third kappa shape index (κ3) is 2.77. The smallest absolute Gasteiger partial charge is 0.158 e. The lowest BCUT2D eigenvalue weighted by Crippen LogP contribution is -2.07. The minimum Gasteiger partial charge on any atom is -0.377 e. The summed E-state index contributed by atoms with van der Waals surface area (Å²) in [5.74, 6) is 1.22. The van der Waals surface area contributed by atoms with Gasteiger partial charge in [-0.1, -0.05) is 18.5 Å². The summed E-state index contributed by atoms with van der Waals surface area (Å²) >= 11 is 6.02. The van der Waals surface area contributed by atoms with Gasteiger partial charge in [0, 0.05) is 18.9 Å². The maximum atomic E-state index is 6.02. The highest BCUT2D eigenvalue weighted by atomic mass is 35.5. The largest absolute Gasteiger partial charge is 0.377 e. The fraction of sp³-hybridized carbons (Fsp3) is 0.462. The third-order valence-electron chi connectivity index (χ3n) is 3.01. The van der Waals surface area contributed by atoms with E-state index in [9.17, 15) is 0 Å². The standard InChI is InChI=1S/C13H17ClN4O/c1-5-10-8(2)17-18(9(10)3)13-6-11(14)15-12(16-13)7-19-4/h6H,5,7H2,1-4H3. The average molecular weight is 281 g/mol. The van der Waals surface area contributed by atoms with E-state index in [0.29, 0.717) is 23.4 Å². The van der Waals surface area contributed by atoms with Gasteiger partial charge in [-0.05, 0) is 25.8 Å². The maximum absolute atomic E-state index is 6.02. The number of ether oxygens (including phenoxy) is 1. The Labute approximate surface area is 117 Å². The topological polar surface area (TPSA) is 52.8 Å². The van der Waals surface area contributed by atoms with E-state index in [2.05, 4.69) is 22.0 Å². The van der Waals surface area contributed by atoms with Crippen molar-refractivity contribution in [2.75, 3.05) is 7.11 Å². The van der Waals surface area contributed by atoms with Gasteiger partial charge in [0.05, 0.1) is 5.69 Å². The molecule has 2 aromatic heterocycles. The van der Waals surface area contributed by atoms with Gasteiger partial charge in [0.15, 0.2) is 11.6 Å². The van der Waals surface area contributed by atoms with E-state index in [1.807, 2.05) is 13.8 Å². The Morgan fingerprint density at radius 1 is 1.32 bits per heavy atom. The van der Waals surface area contributed by atoms with Crippen LogP contribution >= 0.6 is 11.6 Å². The molecular formula is C13H17ClN4O. The molecule has 2 heterocycles. The summed E-state index contributed by atoms with van der Waals surface area (Å²) in [6, 6.07) is 1.71. The highest BCUT2D eigenvalue weighted by Gasteiger charge is 2.13. The minimum absolute atomic E-state index is 0.327. The molecule has 0 saturated heterocycles. The van der Waals surface area contributed by atoms with Crippen LogP contribution in [-0.4, -0.2) is 26.9 Å². The van der Waals surface area contributed by atoms with Crippen molar-refractivity contribution in [3.8, 4) is 5.82 Å². The van der Waals surface area contributed by atoms with E-state index in [1.54, 1.807) is 17.9 Å². The van der Waals surface area contributed by atoms with Crippen molar-refractivity contribution in [2.24, 2.45) is 0 Å². The third-order valence-corrected chi connectivity index (χ3v) is 3.21. The number of nitrogens with zero attached hydrogens (tertiary/aromatic N) is 4. The average Bonchev–Trinajstić information content (AvgIpc) is 2.64. The predicted octanol–water partition coefficient (Wildman–Crippen LogP) is 2.64. The molecule has 2 rings (SSSR count). The maximum Gasteiger partial charge on any atom is 0.158 e. The van der Waals surface area contributed by atoms with Gasteiger partial charge >= 0.3 is 0 Å². The molecule has 0 saturated carbocycles. The lowest BCUT2D eigenvalue weighted by molar-refractivity contribution is 0.177. The van der Waals surface area contributed by atoms with E-state index >= 15 is 0 Å².